The summed E-state index contributed by atoms with van der Waals surface area (Å²) in [6.45, 7) is 31.5. The molecule has 0 spiro atoms. The molecule has 0 saturated carbocycles. The zero-order valence-corrected chi connectivity index (χ0v) is 18.7. The third-order valence-corrected chi connectivity index (χ3v) is 56.6. The van der Waals surface area contributed by atoms with Crippen LogP contribution in [0.3, 0.4) is 0 Å². The van der Waals surface area contributed by atoms with Gasteiger partial charge in [0.15, 0.2) is 0 Å². The summed E-state index contributed by atoms with van der Waals surface area (Å²) < 4.78 is 0. The maximum absolute atomic E-state index is 2.75. The van der Waals surface area contributed by atoms with E-state index in [0.717, 1.165) is 11.1 Å². The highest BCUT2D eigenvalue weighted by atomic mass is 29.6. The molecule has 0 N–H and O–H groups in total. The second-order valence-electron chi connectivity index (χ2n) is 10.2. The van der Waals surface area contributed by atoms with Crippen LogP contribution in [0.15, 0.2) is 0 Å². The molecule has 114 valence electrons. The highest BCUT2D eigenvalue weighted by Gasteiger charge is 2.78. The Labute approximate surface area is 125 Å². The zero-order chi connectivity index (χ0) is 15.7. The Bertz CT molecular complexity index is 319. The second kappa shape index (κ2) is 4.33. The van der Waals surface area contributed by atoms with Crippen molar-refractivity contribution in [3.63, 3.8) is 0 Å². The third-order valence-electron chi connectivity index (χ3n) is 7.90. The Kier molecular flexibility index (Phi) is 4.03. The van der Waals surface area contributed by atoms with Gasteiger partial charge in [0.2, 0.25) is 0 Å². The molecule has 0 aromatic carbocycles. The van der Waals surface area contributed by atoms with Crippen molar-refractivity contribution in [3.8, 4) is 0 Å². The van der Waals surface area contributed by atoms with E-state index < -0.39 is 22.3 Å². The fourth-order valence-electron chi connectivity index (χ4n) is 5.07. The average Bonchev–Trinajstić information content (AvgIpc) is 2.67. The molecule has 1 aliphatic rings. The fourth-order valence-corrected chi connectivity index (χ4v) is 65.8. The minimum Gasteiger partial charge on any atom is -0.0711 e. The smallest absolute Gasteiger partial charge is 0.0486 e. The highest BCUT2D eigenvalue weighted by Crippen LogP contribution is 2.72. The van der Waals surface area contributed by atoms with Gasteiger partial charge < -0.3 is 0 Å². The minimum atomic E-state index is -1.19. The van der Waals surface area contributed by atoms with Crippen molar-refractivity contribution in [1.29, 1.82) is 0 Å². The lowest BCUT2D eigenvalue weighted by molar-refractivity contribution is 0.725. The van der Waals surface area contributed by atoms with Crippen LogP contribution in [0.25, 0.3) is 0 Å². The van der Waals surface area contributed by atoms with Crippen molar-refractivity contribution in [2.45, 2.75) is 103 Å². The number of hydrogen-bond acceptors (Lipinski definition) is 0. The predicted octanol–water partition coefficient (Wildman–Crippen LogP) is 6.40. The van der Waals surface area contributed by atoms with E-state index in [-0.39, 0.29) is 0 Å². The fraction of sp³-hybridized carbons (Fsp3) is 1.00. The Morgan fingerprint density at radius 3 is 0.947 bits per heavy atom. The predicted molar refractivity (Wildman–Crippen MR) is 99.0 cm³/mol. The summed E-state index contributed by atoms with van der Waals surface area (Å²) in [5, 5.41) is 1.13. The lowest BCUT2D eigenvalue weighted by Gasteiger charge is -2.55. The van der Waals surface area contributed by atoms with Gasteiger partial charge in [0.05, 0.1) is 0 Å². The van der Waals surface area contributed by atoms with E-state index in [0.29, 0.717) is 10.1 Å². The molecule has 19 heavy (non-hydrogen) atoms. The van der Waals surface area contributed by atoms with E-state index in [1.165, 1.54) is 0 Å². The lowest BCUT2D eigenvalue weighted by Crippen LogP contribution is -2.72. The van der Waals surface area contributed by atoms with Gasteiger partial charge in [-0.2, -0.15) is 0 Å². The van der Waals surface area contributed by atoms with E-state index >= 15 is 0 Å². The topological polar surface area (TPSA) is 0 Å². The second-order valence-corrected chi connectivity index (χ2v) is 37.2. The molecule has 3 heteroatoms. The largest absolute Gasteiger partial charge is 0.0711 e. The molecular formula is C16H38Si3. The van der Waals surface area contributed by atoms with Gasteiger partial charge in [0, 0.05) is 22.3 Å². The molecule has 0 radical (unpaired) electrons. The summed E-state index contributed by atoms with van der Waals surface area (Å²) >= 11 is 0. The van der Waals surface area contributed by atoms with Gasteiger partial charge in [-0.3, -0.25) is 0 Å². The van der Waals surface area contributed by atoms with Gasteiger partial charge in [-0.1, -0.05) is 92.7 Å². The van der Waals surface area contributed by atoms with Gasteiger partial charge in [-0.25, -0.2) is 0 Å². The molecule has 0 aliphatic carbocycles. The summed E-state index contributed by atoms with van der Waals surface area (Å²) in [6.07, 6.45) is 0. The van der Waals surface area contributed by atoms with Crippen LogP contribution in [-0.4, -0.2) is 22.3 Å². The first-order chi connectivity index (χ1) is 8.07. The van der Waals surface area contributed by atoms with Crippen molar-refractivity contribution in [1.82, 2.24) is 0 Å². The van der Waals surface area contributed by atoms with Crippen molar-refractivity contribution in [3.05, 3.63) is 0 Å². The Hall–Kier alpha value is 0.651. The van der Waals surface area contributed by atoms with E-state index in [2.05, 4.69) is 81.6 Å². The molecule has 1 heterocycles. The standard InChI is InChI=1S/C16H38Si3/c1-13-14(2)19(13,17(9,10)15(3,4)5)18(11,12)16(6,7)8/h13-14H,1-12H3/t13-,14-/m0/s1. The molecular weight excluding hydrogens is 276 g/mol. The summed E-state index contributed by atoms with van der Waals surface area (Å²) in [7, 11) is -3.49. The van der Waals surface area contributed by atoms with Gasteiger partial charge in [-0.15, -0.1) is 0 Å². The minimum absolute atomic E-state index is 0.563. The first kappa shape index (κ1) is 17.7. The molecule has 1 saturated heterocycles. The summed E-state index contributed by atoms with van der Waals surface area (Å²) in [4.78, 5) is 0. The van der Waals surface area contributed by atoms with Crippen LogP contribution >= 0.6 is 0 Å². The molecule has 0 bridgehead atoms. The van der Waals surface area contributed by atoms with Crippen LogP contribution in [0.5, 0.6) is 0 Å². The Balaban J connectivity index is 3.47. The first-order valence-corrected chi connectivity index (χ1v) is 18.2. The van der Waals surface area contributed by atoms with E-state index in [4.69, 9.17) is 0 Å². The van der Waals surface area contributed by atoms with Crippen LogP contribution in [0.2, 0.25) is 47.3 Å². The quantitative estimate of drug-likeness (QED) is 0.517. The SMILES string of the molecule is C[C@H]1[C@H](C)[Si]1([Si](C)(C)C(C)(C)C)[Si](C)(C)C(C)(C)C. The molecule has 2 atom stereocenters. The molecule has 0 aromatic rings. The van der Waals surface area contributed by atoms with Crippen molar-refractivity contribution in [2.24, 2.45) is 0 Å². The Morgan fingerprint density at radius 2 is 0.842 bits per heavy atom. The van der Waals surface area contributed by atoms with Crippen molar-refractivity contribution < 1.29 is 0 Å². The zero-order valence-electron chi connectivity index (χ0n) is 15.7. The van der Waals surface area contributed by atoms with Crippen molar-refractivity contribution >= 4 is 22.3 Å². The maximum atomic E-state index is 2.75. The van der Waals surface area contributed by atoms with Crippen LogP contribution < -0.4 is 0 Å². The molecule has 1 rings (SSSR count). The molecule has 0 nitrogen and oxygen atoms in total. The Morgan fingerprint density at radius 1 is 0.632 bits per heavy atom. The van der Waals surface area contributed by atoms with Crippen molar-refractivity contribution in [2.75, 3.05) is 0 Å². The van der Waals surface area contributed by atoms with Gasteiger partial charge in [0.1, 0.15) is 0 Å². The van der Waals surface area contributed by atoms with Crippen LogP contribution in [0.4, 0.5) is 0 Å². The van der Waals surface area contributed by atoms with Crippen LogP contribution in [-0.2, 0) is 0 Å². The van der Waals surface area contributed by atoms with Gasteiger partial charge in [0.25, 0.3) is 0 Å². The van der Waals surface area contributed by atoms with Crippen LogP contribution in [0, 0.1) is 0 Å². The average molecular weight is 315 g/mol. The van der Waals surface area contributed by atoms with E-state index in [1.807, 2.05) is 0 Å². The normalized spacial score (nSPS) is 28.4. The summed E-state index contributed by atoms with van der Waals surface area (Å²) in [5.74, 6) is 0. The first-order valence-electron chi connectivity index (χ1n) is 8.07. The molecule has 1 fully saturated rings. The highest BCUT2D eigenvalue weighted by molar-refractivity contribution is 7.74. The number of rotatable bonds is 2. The third kappa shape index (κ3) is 2.02. The van der Waals surface area contributed by atoms with E-state index in [1.54, 1.807) is 0 Å². The van der Waals surface area contributed by atoms with Crippen LogP contribution in [0.1, 0.15) is 55.4 Å². The molecule has 0 aromatic heterocycles. The summed E-state index contributed by atoms with van der Waals surface area (Å²) in [6, 6.07) is 0. The summed E-state index contributed by atoms with van der Waals surface area (Å²) in [5.41, 5.74) is 2.16. The molecule has 0 unspecified atom stereocenters. The van der Waals surface area contributed by atoms with E-state index in [9.17, 15) is 0 Å². The number of hydrogen-bond donors (Lipinski definition) is 0. The van der Waals surface area contributed by atoms with Gasteiger partial charge >= 0.3 is 0 Å². The monoisotopic (exact) mass is 314 g/mol. The molecule has 0 amide bonds. The van der Waals surface area contributed by atoms with Gasteiger partial charge in [-0.05, 0) is 10.1 Å². The maximum Gasteiger partial charge on any atom is 0.0486 e. The lowest BCUT2D eigenvalue weighted by atomic mass is 10.2. The molecule has 1 aliphatic heterocycles.